The summed E-state index contributed by atoms with van der Waals surface area (Å²) in [6, 6.07) is 6.19. The molecule has 0 bridgehead atoms. The second-order valence-corrected chi connectivity index (χ2v) is 4.58. The van der Waals surface area contributed by atoms with Crippen LogP contribution in [0.5, 0.6) is 0 Å². The maximum absolute atomic E-state index is 6.40. The summed E-state index contributed by atoms with van der Waals surface area (Å²) in [6.45, 7) is 4.15. The molecule has 16 heavy (non-hydrogen) atoms. The Labute approximate surface area is 96.6 Å². The van der Waals surface area contributed by atoms with Crippen LogP contribution in [0.2, 0.25) is 0 Å². The molecule has 0 fully saturated rings. The van der Waals surface area contributed by atoms with E-state index in [0.717, 1.165) is 5.56 Å². The monoisotopic (exact) mass is 214 g/mol. The van der Waals surface area contributed by atoms with Crippen LogP contribution in [0, 0.1) is 13.8 Å². The topological polar surface area (TPSA) is 52.0 Å². The Kier molecular flexibility index (Phi) is 2.70. The maximum Gasteiger partial charge on any atom is 0.0788 e. The van der Waals surface area contributed by atoms with Crippen LogP contribution >= 0.6 is 0 Å². The van der Waals surface area contributed by atoms with E-state index in [9.17, 15) is 0 Å². The zero-order valence-electron chi connectivity index (χ0n) is 9.77. The molecule has 0 heterocycles. The van der Waals surface area contributed by atoms with E-state index in [2.05, 4.69) is 32.0 Å². The molecule has 0 spiro atoms. The van der Waals surface area contributed by atoms with Crippen LogP contribution in [0.3, 0.4) is 0 Å². The van der Waals surface area contributed by atoms with Gasteiger partial charge >= 0.3 is 0 Å². The van der Waals surface area contributed by atoms with Gasteiger partial charge in [-0.3, -0.25) is 0 Å². The molecule has 2 atom stereocenters. The lowest BCUT2D eigenvalue weighted by molar-refractivity contribution is 0.492. The van der Waals surface area contributed by atoms with Crippen molar-refractivity contribution in [3.63, 3.8) is 0 Å². The molecule has 1 aliphatic carbocycles. The number of hydrogen-bond acceptors (Lipinski definition) is 2. The van der Waals surface area contributed by atoms with E-state index < -0.39 is 5.54 Å². The predicted octanol–water partition coefficient (Wildman–Crippen LogP) is 1.91. The Morgan fingerprint density at radius 1 is 1.06 bits per heavy atom. The lowest BCUT2D eigenvalue weighted by atomic mass is 9.80. The largest absolute Gasteiger partial charge is 0.322 e. The molecule has 1 aromatic carbocycles. The summed E-state index contributed by atoms with van der Waals surface area (Å²) in [7, 11) is 0. The van der Waals surface area contributed by atoms with Crippen molar-refractivity contribution in [2.45, 2.75) is 25.4 Å². The molecule has 2 nitrogen and oxygen atoms in total. The molecule has 1 aromatic rings. The Morgan fingerprint density at radius 3 is 2.25 bits per heavy atom. The zero-order valence-corrected chi connectivity index (χ0v) is 9.77. The number of rotatable bonds is 1. The van der Waals surface area contributed by atoms with Gasteiger partial charge in [-0.05, 0) is 19.4 Å². The van der Waals surface area contributed by atoms with Crippen molar-refractivity contribution in [3.8, 4) is 0 Å². The molecule has 2 heteroatoms. The van der Waals surface area contributed by atoms with Gasteiger partial charge in [0.05, 0.1) is 5.54 Å². The molecule has 84 valence electrons. The van der Waals surface area contributed by atoms with Crippen molar-refractivity contribution in [2.24, 2.45) is 11.5 Å². The smallest absolute Gasteiger partial charge is 0.0788 e. The summed E-state index contributed by atoms with van der Waals surface area (Å²) in [5.41, 5.74) is 15.4. The molecule has 0 saturated carbocycles. The van der Waals surface area contributed by atoms with Crippen LogP contribution in [0.1, 0.15) is 16.7 Å². The zero-order chi connectivity index (χ0) is 11.8. The minimum absolute atomic E-state index is 0.168. The Balaban J connectivity index is 2.50. The van der Waals surface area contributed by atoms with Crippen LogP contribution in [-0.4, -0.2) is 6.04 Å². The van der Waals surface area contributed by atoms with E-state index in [1.807, 2.05) is 24.3 Å². The van der Waals surface area contributed by atoms with E-state index in [1.165, 1.54) is 11.1 Å². The molecule has 0 radical (unpaired) electrons. The van der Waals surface area contributed by atoms with Crippen molar-refractivity contribution >= 4 is 0 Å². The third kappa shape index (κ3) is 1.82. The number of benzene rings is 1. The predicted molar refractivity (Wildman–Crippen MR) is 68.0 cm³/mol. The fourth-order valence-corrected chi connectivity index (χ4v) is 2.18. The fourth-order valence-electron chi connectivity index (χ4n) is 2.18. The minimum atomic E-state index is -0.578. The average Bonchev–Trinajstić information content (AvgIpc) is 2.21. The molecule has 0 saturated heterocycles. The van der Waals surface area contributed by atoms with Gasteiger partial charge in [0.2, 0.25) is 0 Å². The summed E-state index contributed by atoms with van der Waals surface area (Å²) in [4.78, 5) is 0. The third-order valence-corrected chi connectivity index (χ3v) is 3.07. The molecular formula is C14H18N2. The minimum Gasteiger partial charge on any atom is -0.322 e. The van der Waals surface area contributed by atoms with E-state index in [1.54, 1.807) is 0 Å². The second kappa shape index (κ2) is 3.89. The lowest BCUT2D eigenvalue weighted by Gasteiger charge is -2.33. The van der Waals surface area contributed by atoms with Crippen molar-refractivity contribution in [2.75, 3.05) is 0 Å². The van der Waals surface area contributed by atoms with Gasteiger partial charge in [0.1, 0.15) is 0 Å². The van der Waals surface area contributed by atoms with Crippen molar-refractivity contribution < 1.29 is 0 Å². The third-order valence-electron chi connectivity index (χ3n) is 3.07. The first-order valence-corrected chi connectivity index (χ1v) is 5.51. The Bertz CT molecular complexity index is 440. The summed E-state index contributed by atoms with van der Waals surface area (Å²) < 4.78 is 0. The van der Waals surface area contributed by atoms with Crippen molar-refractivity contribution in [1.29, 1.82) is 0 Å². The molecule has 1 aliphatic rings. The van der Waals surface area contributed by atoms with Crippen molar-refractivity contribution in [1.82, 2.24) is 0 Å². The van der Waals surface area contributed by atoms with Crippen LogP contribution in [0.4, 0.5) is 0 Å². The summed E-state index contributed by atoms with van der Waals surface area (Å²) in [5.74, 6) is 0. The first-order chi connectivity index (χ1) is 7.52. The van der Waals surface area contributed by atoms with E-state index in [0.29, 0.717) is 0 Å². The number of nitrogens with two attached hydrogens (primary N) is 2. The molecule has 2 rings (SSSR count). The number of aryl methyl sites for hydroxylation is 2. The highest BCUT2D eigenvalue weighted by Gasteiger charge is 2.31. The Hall–Kier alpha value is -1.38. The molecule has 4 N–H and O–H groups in total. The molecule has 0 aliphatic heterocycles. The average molecular weight is 214 g/mol. The standard InChI is InChI=1S/C14H18N2/c1-10-7-11(2)9-12(8-10)14(16)6-4-3-5-13(14)15/h3-9,13H,15-16H2,1-2H3. The SMILES string of the molecule is Cc1cc(C)cc(C2(N)C=CC=CC2N)c1. The quantitative estimate of drug-likeness (QED) is 0.750. The van der Waals surface area contributed by atoms with E-state index in [4.69, 9.17) is 11.5 Å². The van der Waals surface area contributed by atoms with Gasteiger partial charge in [0.15, 0.2) is 0 Å². The van der Waals surface area contributed by atoms with Gasteiger partial charge in [-0.15, -0.1) is 0 Å². The van der Waals surface area contributed by atoms with E-state index >= 15 is 0 Å². The van der Waals surface area contributed by atoms with Gasteiger partial charge < -0.3 is 11.5 Å². The van der Waals surface area contributed by atoms with Gasteiger partial charge in [-0.2, -0.15) is 0 Å². The fraction of sp³-hybridized carbons (Fsp3) is 0.286. The van der Waals surface area contributed by atoms with Crippen LogP contribution in [0.15, 0.2) is 42.5 Å². The van der Waals surface area contributed by atoms with Crippen molar-refractivity contribution in [3.05, 3.63) is 59.2 Å². The molecule has 0 aromatic heterocycles. The van der Waals surface area contributed by atoms with Crippen LogP contribution in [-0.2, 0) is 5.54 Å². The normalized spacial score (nSPS) is 28.4. The van der Waals surface area contributed by atoms with Crippen LogP contribution in [0.25, 0.3) is 0 Å². The van der Waals surface area contributed by atoms with Gasteiger partial charge in [0, 0.05) is 6.04 Å². The first-order valence-electron chi connectivity index (χ1n) is 5.51. The summed E-state index contributed by atoms with van der Waals surface area (Å²) >= 11 is 0. The first kappa shape index (κ1) is 11.1. The highest BCUT2D eigenvalue weighted by molar-refractivity contribution is 5.41. The number of allylic oxidation sites excluding steroid dienone is 2. The highest BCUT2D eigenvalue weighted by Crippen LogP contribution is 2.27. The van der Waals surface area contributed by atoms with E-state index in [-0.39, 0.29) is 6.04 Å². The maximum atomic E-state index is 6.40. The molecule has 2 unspecified atom stereocenters. The lowest BCUT2D eigenvalue weighted by Crippen LogP contribution is -2.51. The van der Waals surface area contributed by atoms with Gasteiger partial charge in [-0.25, -0.2) is 0 Å². The van der Waals surface area contributed by atoms with Crippen LogP contribution < -0.4 is 11.5 Å². The summed E-state index contributed by atoms with van der Waals surface area (Å²) in [6.07, 6.45) is 7.82. The highest BCUT2D eigenvalue weighted by atomic mass is 14.8. The second-order valence-electron chi connectivity index (χ2n) is 4.58. The molecular weight excluding hydrogens is 196 g/mol. The van der Waals surface area contributed by atoms with Gasteiger partial charge in [0.25, 0.3) is 0 Å². The van der Waals surface area contributed by atoms with Gasteiger partial charge in [-0.1, -0.05) is 53.6 Å². The number of hydrogen-bond donors (Lipinski definition) is 2. The summed E-state index contributed by atoms with van der Waals surface area (Å²) in [5, 5.41) is 0. The Morgan fingerprint density at radius 2 is 1.69 bits per heavy atom. The molecule has 0 amide bonds.